The summed E-state index contributed by atoms with van der Waals surface area (Å²) in [7, 11) is 0. The second-order valence-corrected chi connectivity index (χ2v) is 6.39. The molecule has 2 aliphatic heterocycles. The summed E-state index contributed by atoms with van der Waals surface area (Å²) in [6, 6.07) is 0. The Morgan fingerprint density at radius 2 is 0.792 bits per heavy atom. The first kappa shape index (κ1) is 19.6. The lowest BCUT2D eigenvalue weighted by atomic mass is 10.3. The van der Waals surface area contributed by atoms with Crippen molar-refractivity contribution in [2.45, 2.75) is 0 Å². The fourth-order valence-corrected chi connectivity index (χ4v) is 2.68. The van der Waals surface area contributed by atoms with Crippen LogP contribution in [0.4, 0.5) is 0 Å². The zero-order valence-corrected chi connectivity index (χ0v) is 14.8. The molecule has 0 amide bonds. The molecule has 138 valence electrons. The van der Waals surface area contributed by atoms with Crippen LogP contribution in [0.25, 0.3) is 0 Å². The van der Waals surface area contributed by atoms with Gasteiger partial charge >= 0.3 is 0 Å². The molecule has 0 aromatic heterocycles. The van der Waals surface area contributed by atoms with Crippen LogP contribution in [0, 0.1) is 0 Å². The molecule has 2 bridgehead atoms. The molecule has 2 aliphatic rings. The predicted octanol–water partition coefficient (Wildman–Crippen LogP) is 0.796. The highest BCUT2D eigenvalue weighted by atomic mass is 16.5. The van der Waals surface area contributed by atoms with E-state index in [1.165, 1.54) is 0 Å². The number of ether oxygens (including phenoxy) is 4. The van der Waals surface area contributed by atoms with Crippen molar-refractivity contribution in [1.29, 1.82) is 0 Å². The molecular weight excluding hydrogens is 308 g/mol. The molecule has 24 heavy (non-hydrogen) atoms. The van der Waals surface area contributed by atoms with Crippen molar-refractivity contribution in [3.05, 3.63) is 24.3 Å². The van der Waals surface area contributed by atoms with Gasteiger partial charge in [0.1, 0.15) is 0 Å². The van der Waals surface area contributed by atoms with E-state index in [0.717, 1.165) is 50.4 Å². The summed E-state index contributed by atoms with van der Waals surface area (Å²) in [5, 5.41) is 0. The summed E-state index contributed by atoms with van der Waals surface area (Å²) in [6.07, 6.45) is 0. The Bertz CT molecular complexity index is 325. The van der Waals surface area contributed by atoms with Crippen LogP contribution in [0.2, 0.25) is 0 Å². The Labute approximate surface area is 146 Å². The van der Waals surface area contributed by atoms with Gasteiger partial charge in [-0.05, 0) is 11.1 Å². The average molecular weight is 340 g/mol. The molecule has 0 atom stereocenters. The van der Waals surface area contributed by atoms with Gasteiger partial charge in [0.05, 0.1) is 52.9 Å². The molecule has 0 saturated carbocycles. The standard InChI is InChI=1S/C18H32N2O4/c1-17-13-21-9-5-19-3-4-20(6-10-22-14-17)8-12-24-16-18(2)15-23-11-7-19/h1-16H2. The van der Waals surface area contributed by atoms with E-state index in [4.69, 9.17) is 18.9 Å². The van der Waals surface area contributed by atoms with Crippen LogP contribution in [-0.2, 0) is 18.9 Å². The minimum absolute atomic E-state index is 0.571. The molecular formula is C18H32N2O4. The lowest BCUT2D eigenvalue weighted by Gasteiger charge is -2.27. The minimum atomic E-state index is 0.571. The topological polar surface area (TPSA) is 43.4 Å². The SMILES string of the molecule is C=C1COCCN2CCOCC(=C)COCCN(CCOC1)CC2. The summed E-state index contributed by atoms with van der Waals surface area (Å²) in [4.78, 5) is 4.80. The lowest BCUT2D eigenvalue weighted by molar-refractivity contribution is 0.0808. The Kier molecular flexibility index (Phi) is 9.57. The maximum absolute atomic E-state index is 5.71. The van der Waals surface area contributed by atoms with Gasteiger partial charge in [-0.3, -0.25) is 9.80 Å². The fraction of sp³-hybridized carbons (Fsp3) is 0.778. The zero-order chi connectivity index (χ0) is 17.0. The van der Waals surface area contributed by atoms with Crippen molar-refractivity contribution in [2.75, 3.05) is 92.1 Å². The second-order valence-electron chi connectivity index (χ2n) is 6.39. The summed E-state index contributed by atoms with van der Waals surface area (Å²) >= 11 is 0. The summed E-state index contributed by atoms with van der Waals surface area (Å²) in [5.74, 6) is 0. The van der Waals surface area contributed by atoms with Crippen LogP contribution in [0.15, 0.2) is 24.3 Å². The van der Waals surface area contributed by atoms with Gasteiger partial charge in [-0.25, -0.2) is 0 Å². The molecule has 0 aromatic rings. The molecule has 0 aliphatic carbocycles. The van der Waals surface area contributed by atoms with Crippen LogP contribution in [0.3, 0.4) is 0 Å². The molecule has 0 N–H and O–H groups in total. The van der Waals surface area contributed by atoms with Gasteiger partial charge in [0.25, 0.3) is 0 Å². The maximum atomic E-state index is 5.71. The highest BCUT2D eigenvalue weighted by molar-refractivity contribution is 4.95. The van der Waals surface area contributed by atoms with Crippen molar-refractivity contribution in [3.63, 3.8) is 0 Å². The number of rotatable bonds is 0. The first-order valence-corrected chi connectivity index (χ1v) is 8.83. The van der Waals surface area contributed by atoms with Crippen molar-refractivity contribution < 1.29 is 18.9 Å². The van der Waals surface area contributed by atoms with Gasteiger partial charge in [-0.15, -0.1) is 0 Å². The minimum Gasteiger partial charge on any atom is -0.376 e. The van der Waals surface area contributed by atoms with Gasteiger partial charge < -0.3 is 18.9 Å². The summed E-state index contributed by atoms with van der Waals surface area (Å²) in [6.45, 7) is 18.7. The molecule has 2 heterocycles. The van der Waals surface area contributed by atoms with E-state index in [1.807, 2.05) is 0 Å². The van der Waals surface area contributed by atoms with Crippen LogP contribution in [0.1, 0.15) is 0 Å². The molecule has 0 radical (unpaired) electrons. The first-order valence-electron chi connectivity index (χ1n) is 8.83. The third-order valence-corrected chi connectivity index (χ3v) is 4.16. The highest BCUT2D eigenvalue weighted by Crippen LogP contribution is 2.02. The van der Waals surface area contributed by atoms with Gasteiger partial charge in [0.2, 0.25) is 0 Å². The van der Waals surface area contributed by atoms with Gasteiger partial charge in [-0.2, -0.15) is 0 Å². The average Bonchev–Trinajstić information content (AvgIpc) is 2.60. The van der Waals surface area contributed by atoms with E-state index in [0.29, 0.717) is 52.9 Å². The third-order valence-electron chi connectivity index (χ3n) is 4.16. The number of nitrogens with zero attached hydrogens (tertiary/aromatic N) is 2. The van der Waals surface area contributed by atoms with Crippen molar-refractivity contribution >= 4 is 0 Å². The molecule has 0 aromatic carbocycles. The fourth-order valence-electron chi connectivity index (χ4n) is 2.68. The van der Waals surface area contributed by atoms with E-state index in [2.05, 4.69) is 23.0 Å². The van der Waals surface area contributed by atoms with Crippen LogP contribution >= 0.6 is 0 Å². The van der Waals surface area contributed by atoms with Crippen LogP contribution in [0.5, 0.6) is 0 Å². The molecule has 6 heteroatoms. The van der Waals surface area contributed by atoms with Gasteiger partial charge in [0, 0.05) is 39.3 Å². The Balaban J connectivity index is 1.94. The van der Waals surface area contributed by atoms with Crippen molar-refractivity contribution in [2.24, 2.45) is 0 Å². The van der Waals surface area contributed by atoms with Crippen molar-refractivity contribution in [3.8, 4) is 0 Å². The first-order chi connectivity index (χ1) is 11.7. The Hall–Kier alpha value is -0.760. The van der Waals surface area contributed by atoms with E-state index >= 15 is 0 Å². The predicted molar refractivity (Wildman–Crippen MR) is 94.4 cm³/mol. The van der Waals surface area contributed by atoms with E-state index in [9.17, 15) is 0 Å². The summed E-state index contributed by atoms with van der Waals surface area (Å²) in [5.41, 5.74) is 1.99. The van der Waals surface area contributed by atoms with Crippen LogP contribution in [-0.4, -0.2) is 102 Å². The number of hydrogen-bond donors (Lipinski definition) is 0. The summed E-state index contributed by atoms with van der Waals surface area (Å²) < 4.78 is 22.8. The third kappa shape index (κ3) is 8.37. The molecule has 2 saturated heterocycles. The number of hydrogen-bond acceptors (Lipinski definition) is 6. The van der Waals surface area contributed by atoms with E-state index in [-0.39, 0.29) is 0 Å². The quantitative estimate of drug-likeness (QED) is 0.608. The van der Waals surface area contributed by atoms with E-state index < -0.39 is 0 Å². The molecule has 0 spiro atoms. The van der Waals surface area contributed by atoms with Gasteiger partial charge in [0.15, 0.2) is 0 Å². The second kappa shape index (κ2) is 11.7. The molecule has 2 fully saturated rings. The van der Waals surface area contributed by atoms with Crippen LogP contribution < -0.4 is 0 Å². The lowest BCUT2D eigenvalue weighted by Crippen LogP contribution is -2.40. The number of fused-ring (bicyclic) bond motifs is 3. The largest absolute Gasteiger partial charge is 0.376 e. The van der Waals surface area contributed by atoms with E-state index in [1.54, 1.807) is 0 Å². The highest BCUT2D eigenvalue weighted by Gasteiger charge is 2.12. The molecule has 2 rings (SSSR count). The maximum Gasteiger partial charge on any atom is 0.0696 e. The Morgan fingerprint density at radius 3 is 1.08 bits per heavy atom. The Morgan fingerprint density at radius 1 is 0.500 bits per heavy atom. The molecule has 6 nitrogen and oxygen atoms in total. The normalized spacial score (nSPS) is 30.2. The zero-order valence-electron chi connectivity index (χ0n) is 14.8. The monoisotopic (exact) mass is 340 g/mol. The smallest absolute Gasteiger partial charge is 0.0696 e. The molecule has 0 unspecified atom stereocenters. The van der Waals surface area contributed by atoms with Crippen molar-refractivity contribution in [1.82, 2.24) is 9.80 Å². The van der Waals surface area contributed by atoms with Gasteiger partial charge in [-0.1, -0.05) is 13.2 Å².